The van der Waals surface area contributed by atoms with Gasteiger partial charge in [0.2, 0.25) is 0 Å². The summed E-state index contributed by atoms with van der Waals surface area (Å²) in [6.07, 6.45) is 0. The van der Waals surface area contributed by atoms with E-state index in [1.165, 1.54) is 19.2 Å². The average Bonchev–Trinajstić information content (AvgIpc) is 2.38. The first kappa shape index (κ1) is 16.8. The minimum absolute atomic E-state index is 0.136. The lowest BCUT2D eigenvalue weighted by molar-refractivity contribution is 0.0695. The summed E-state index contributed by atoms with van der Waals surface area (Å²) >= 11 is 3.29. The lowest BCUT2D eigenvalue weighted by Gasteiger charge is -2.14. The van der Waals surface area contributed by atoms with Gasteiger partial charge in [0.1, 0.15) is 6.61 Å². The molecule has 112 valence electrons. The first-order valence-electron chi connectivity index (χ1n) is 6.27. The van der Waals surface area contributed by atoms with E-state index in [9.17, 15) is 4.79 Å². The fourth-order valence-electron chi connectivity index (χ4n) is 1.51. The Kier molecular flexibility index (Phi) is 6.81. The fourth-order valence-corrected chi connectivity index (χ4v) is 2.06. The topological polar surface area (TPSA) is 65.0 Å². The second-order valence-electron chi connectivity index (χ2n) is 4.61. The van der Waals surface area contributed by atoms with Crippen LogP contribution in [0.15, 0.2) is 16.6 Å². The number of benzene rings is 1. The molecule has 1 aromatic rings. The molecule has 0 saturated carbocycles. The molecule has 0 fully saturated rings. The van der Waals surface area contributed by atoms with Gasteiger partial charge in [-0.05, 0) is 34.0 Å². The molecule has 6 heteroatoms. The van der Waals surface area contributed by atoms with Crippen LogP contribution in [0.4, 0.5) is 0 Å². The van der Waals surface area contributed by atoms with Crippen molar-refractivity contribution in [2.45, 2.75) is 13.8 Å². The van der Waals surface area contributed by atoms with Crippen LogP contribution < -0.4 is 9.47 Å². The summed E-state index contributed by atoms with van der Waals surface area (Å²) in [5.41, 5.74) is 0.136. The molecule has 1 N–H and O–H groups in total. The Morgan fingerprint density at radius 3 is 2.60 bits per heavy atom. The quantitative estimate of drug-likeness (QED) is 0.732. The highest BCUT2D eigenvalue weighted by Crippen LogP contribution is 2.36. The molecule has 0 saturated heterocycles. The molecule has 0 spiro atoms. The van der Waals surface area contributed by atoms with Crippen LogP contribution in [0.2, 0.25) is 0 Å². The summed E-state index contributed by atoms with van der Waals surface area (Å²) in [6.45, 7) is 5.67. The van der Waals surface area contributed by atoms with Crippen molar-refractivity contribution < 1.29 is 24.1 Å². The highest BCUT2D eigenvalue weighted by Gasteiger charge is 2.14. The molecule has 0 aliphatic carbocycles. The van der Waals surface area contributed by atoms with Crippen molar-refractivity contribution in [3.63, 3.8) is 0 Å². The van der Waals surface area contributed by atoms with E-state index < -0.39 is 5.97 Å². The van der Waals surface area contributed by atoms with Crippen LogP contribution in [-0.2, 0) is 4.74 Å². The van der Waals surface area contributed by atoms with Crippen LogP contribution in [0.25, 0.3) is 0 Å². The Labute approximate surface area is 127 Å². The van der Waals surface area contributed by atoms with E-state index in [1.54, 1.807) is 0 Å². The summed E-state index contributed by atoms with van der Waals surface area (Å²) < 4.78 is 16.7. The molecular formula is C14H19BrO5. The highest BCUT2D eigenvalue weighted by atomic mass is 79.9. The van der Waals surface area contributed by atoms with E-state index >= 15 is 0 Å². The van der Waals surface area contributed by atoms with Crippen LogP contribution in [0.1, 0.15) is 24.2 Å². The van der Waals surface area contributed by atoms with Gasteiger partial charge in [0.25, 0.3) is 0 Å². The van der Waals surface area contributed by atoms with E-state index in [1.807, 2.05) is 0 Å². The highest BCUT2D eigenvalue weighted by molar-refractivity contribution is 9.10. The van der Waals surface area contributed by atoms with Gasteiger partial charge >= 0.3 is 5.97 Å². The van der Waals surface area contributed by atoms with Crippen molar-refractivity contribution in [3.05, 3.63) is 22.2 Å². The number of carbonyl (C=O) groups is 1. The number of hydrogen-bond donors (Lipinski definition) is 1. The lowest BCUT2D eigenvalue weighted by Crippen LogP contribution is -2.11. The minimum Gasteiger partial charge on any atom is -0.493 e. The molecule has 20 heavy (non-hydrogen) atoms. The number of aromatic carboxylic acids is 1. The Balaban J connectivity index is 2.67. The van der Waals surface area contributed by atoms with Crippen LogP contribution in [-0.4, -0.2) is 38.0 Å². The Morgan fingerprint density at radius 1 is 1.35 bits per heavy atom. The maximum absolute atomic E-state index is 11.0. The van der Waals surface area contributed by atoms with Crippen molar-refractivity contribution in [1.29, 1.82) is 0 Å². The summed E-state index contributed by atoms with van der Waals surface area (Å²) in [5, 5.41) is 8.98. The average molecular weight is 347 g/mol. The third kappa shape index (κ3) is 5.02. The molecule has 0 aromatic heterocycles. The minimum atomic E-state index is -1.02. The van der Waals surface area contributed by atoms with E-state index in [0.29, 0.717) is 41.7 Å². The largest absolute Gasteiger partial charge is 0.493 e. The van der Waals surface area contributed by atoms with Crippen molar-refractivity contribution in [1.82, 2.24) is 0 Å². The van der Waals surface area contributed by atoms with E-state index in [0.717, 1.165) is 0 Å². The number of carboxylic acids is 1. The van der Waals surface area contributed by atoms with Crippen LogP contribution >= 0.6 is 15.9 Å². The van der Waals surface area contributed by atoms with E-state index in [-0.39, 0.29) is 5.56 Å². The maximum atomic E-state index is 11.0. The molecule has 5 nitrogen and oxygen atoms in total. The van der Waals surface area contributed by atoms with Gasteiger partial charge in [0.05, 0.1) is 23.8 Å². The number of ether oxygens (including phenoxy) is 3. The molecule has 0 unspecified atom stereocenters. The first-order chi connectivity index (χ1) is 9.45. The molecule has 0 aliphatic rings. The van der Waals surface area contributed by atoms with Gasteiger partial charge in [-0.2, -0.15) is 0 Å². The Bertz CT molecular complexity index is 459. The summed E-state index contributed by atoms with van der Waals surface area (Å²) in [6, 6.07) is 2.91. The third-order valence-electron chi connectivity index (χ3n) is 2.40. The Morgan fingerprint density at radius 2 is 2.05 bits per heavy atom. The maximum Gasteiger partial charge on any atom is 0.335 e. The summed E-state index contributed by atoms with van der Waals surface area (Å²) in [5.74, 6) is 0.313. The zero-order chi connectivity index (χ0) is 15.1. The smallest absolute Gasteiger partial charge is 0.335 e. The monoisotopic (exact) mass is 346 g/mol. The van der Waals surface area contributed by atoms with E-state index in [2.05, 4.69) is 29.8 Å². The SMILES string of the molecule is COc1cc(C(=O)O)cc(Br)c1OCCOCC(C)C. The lowest BCUT2D eigenvalue weighted by atomic mass is 10.2. The summed E-state index contributed by atoms with van der Waals surface area (Å²) in [4.78, 5) is 11.0. The molecule has 0 amide bonds. The van der Waals surface area contributed by atoms with Crippen LogP contribution in [0.3, 0.4) is 0 Å². The second kappa shape index (κ2) is 8.11. The molecule has 0 bridgehead atoms. The zero-order valence-corrected chi connectivity index (χ0v) is 13.4. The summed E-state index contributed by atoms with van der Waals surface area (Å²) in [7, 11) is 1.47. The van der Waals surface area contributed by atoms with Gasteiger partial charge in [0, 0.05) is 6.61 Å². The van der Waals surface area contributed by atoms with Crippen molar-refractivity contribution in [2.75, 3.05) is 26.9 Å². The van der Waals surface area contributed by atoms with Crippen molar-refractivity contribution in [3.8, 4) is 11.5 Å². The van der Waals surface area contributed by atoms with E-state index in [4.69, 9.17) is 19.3 Å². The number of halogens is 1. The first-order valence-corrected chi connectivity index (χ1v) is 7.06. The molecule has 0 radical (unpaired) electrons. The standard InChI is InChI=1S/C14H19BrO5/c1-9(2)8-19-4-5-20-13-11(15)6-10(14(16)17)7-12(13)18-3/h6-7,9H,4-5,8H2,1-3H3,(H,16,17). The van der Waals surface area contributed by atoms with Gasteiger partial charge in [-0.15, -0.1) is 0 Å². The fraction of sp³-hybridized carbons (Fsp3) is 0.500. The number of rotatable bonds is 8. The van der Waals surface area contributed by atoms with Crippen LogP contribution in [0.5, 0.6) is 11.5 Å². The third-order valence-corrected chi connectivity index (χ3v) is 2.99. The zero-order valence-electron chi connectivity index (χ0n) is 11.8. The molecular weight excluding hydrogens is 328 g/mol. The van der Waals surface area contributed by atoms with Gasteiger partial charge in [0.15, 0.2) is 11.5 Å². The molecule has 0 aliphatic heterocycles. The normalized spacial score (nSPS) is 10.7. The molecule has 1 aromatic carbocycles. The predicted molar refractivity (Wildman–Crippen MR) is 78.8 cm³/mol. The van der Waals surface area contributed by atoms with Gasteiger partial charge < -0.3 is 19.3 Å². The molecule has 1 rings (SSSR count). The van der Waals surface area contributed by atoms with Crippen LogP contribution in [0, 0.1) is 5.92 Å². The van der Waals surface area contributed by atoms with Crippen molar-refractivity contribution in [2.24, 2.45) is 5.92 Å². The molecule has 0 atom stereocenters. The molecule has 0 heterocycles. The van der Waals surface area contributed by atoms with Gasteiger partial charge in [-0.25, -0.2) is 4.79 Å². The Hall–Kier alpha value is -1.27. The van der Waals surface area contributed by atoms with Crippen molar-refractivity contribution >= 4 is 21.9 Å². The predicted octanol–water partition coefficient (Wildman–Crippen LogP) is 3.21. The second-order valence-corrected chi connectivity index (χ2v) is 5.47. The van der Waals surface area contributed by atoms with Gasteiger partial charge in [-0.3, -0.25) is 0 Å². The van der Waals surface area contributed by atoms with Gasteiger partial charge in [-0.1, -0.05) is 13.8 Å². The number of hydrogen-bond acceptors (Lipinski definition) is 4. The number of carboxylic acid groups (broad SMARTS) is 1. The number of methoxy groups -OCH3 is 1.